The second-order valence-corrected chi connectivity index (χ2v) is 4.00. The Morgan fingerprint density at radius 2 is 1.77 bits per heavy atom. The van der Waals surface area contributed by atoms with E-state index in [4.69, 9.17) is 0 Å². The number of benzene rings is 1. The van der Waals surface area contributed by atoms with Crippen LogP contribution in [0.2, 0.25) is 0 Å². The molecule has 0 saturated carbocycles. The number of rotatable bonds is 2. The van der Waals surface area contributed by atoms with E-state index in [-0.39, 0.29) is 0 Å². The third kappa shape index (κ3) is 2.03. The molecule has 0 bridgehead atoms. The van der Waals surface area contributed by atoms with Crippen molar-refractivity contribution in [3.63, 3.8) is 0 Å². The van der Waals surface area contributed by atoms with Gasteiger partial charge in [0.1, 0.15) is 5.75 Å². The van der Waals surface area contributed by atoms with Crippen molar-refractivity contribution in [2.75, 3.05) is 0 Å². The smallest absolute Gasteiger partial charge is 0.119 e. The lowest BCUT2D eigenvalue weighted by molar-refractivity contribution is 0.462. The topological polar surface area (TPSA) is 20.2 Å². The molecule has 71 valence electrons. The average molecular weight is 177 g/mol. The standard InChI is InChI=1S/C12H17O/c1-8(2)10-6-5-7-11(13)12(10)9(3)4/h5,7-9,13H,1-4H3. The molecule has 0 spiro atoms. The van der Waals surface area contributed by atoms with E-state index in [1.54, 1.807) is 12.1 Å². The van der Waals surface area contributed by atoms with Crippen LogP contribution >= 0.6 is 0 Å². The minimum absolute atomic E-state index is 0.356. The third-order valence-corrected chi connectivity index (χ3v) is 2.20. The monoisotopic (exact) mass is 177 g/mol. The highest BCUT2D eigenvalue weighted by Crippen LogP contribution is 2.32. The van der Waals surface area contributed by atoms with Crippen LogP contribution in [-0.2, 0) is 0 Å². The lowest BCUT2D eigenvalue weighted by Gasteiger charge is -2.16. The summed E-state index contributed by atoms with van der Waals surface area (Å²) in [5, 5.41) is 9.69. The van der Waals surface area contributed by atoms with Gasteiger partial charge in [0.2, 0.25) is 0 Å². The molecular weight excluding hydrogens is 160 g/mol. The summed E-state index contributed by atoms with van der Waals surface area (Å²) in [6, 6.07) is 6.70. The molecule has 0 heterocycles. The first-order valence-corrected chi connectivity index (χ1v) is 4.77. The second-order valence-electron chi connectivity index (χ2n) is 4.00. The highest BCUT2D eigenvalue weighted by molar-refractivity contribution is 5.42. The Labute approximate surface area is 80.4 Å². The summed E-state index contributed by atoms with van der Waals surface area (Å²) in [6.07, 6.45) is 0. The fourth-order valence-electron chi connectivity index (χ4n) is 1.60. The number of phenolic OH excluding ortho intramolecular Hbond substituents is 1. The van der Waals surface area contributed by atoms with Crippen molar-refractivity contribution in [2.24, 2.45) is 0 Å². The Morgan fingerprint density at radius 3 is 2.15 bits per heavy atom. The van der Waals surface area contributed by atoms with E-state index in [1.165, 1.54) is 0 Å². The maximum absolute atomic E-state index is 9.69. The Balaban J connectivity index is 3.26. The average Bonchev–Trinajstić information content (AvgIpc) is 2.02. The van der Waals surface area contributed by atoms with Gasteiger partial charge in [-0.05, 0) is 29.5 Å². The Hall–Kier alpha value is -0.980. The van der Waals surface area contributed by atoms with Crippen molar-refractivity contribution >= 4 is 0 Å². The summed E-state index contributed by atoms with van der Waals surface area (Å²) in [6.45, 7) is 8.43. The molecule has 0 unspecified atom stereocenters. The molecule has 0 aliphatic heterocycles. The molecule has 1 heteroatoms. The van der Waals surface area contributed by atoms with E-state index in [0.29, 0.717) is 17.6 Å². The molecule has 0 saturated heterocycles. The summed E-state index contributed by atoms with van der Waals surface area (Å²) in [7, 11) is 0. The van der Waals surface area contributed by atoms with Crippen molar-refractivity contribution in [3.05, 3.63) is 29.3 Å². The Morgan fingerprint density at radius 1 is 1.15 bits per heavy atom. The number of hydrogen-bond donors (Lipinski definition) is 1. The molecule has 0 atom stereocenters. The van der Waals surface area contributed by atoms with Crippen LogP contribution in [0.5, 0.6) is 5.75 Å². The van der Waals surface area contributed by atoms with E-state index in [9.17, 15) is 5.11 Å². The number of aromatic hydroxyl groups is 1. The molecule has 1 radical (unpaired) electrons. The lowest BCUT2D eigenvalue weighted by atomic mass is 9.90. The highest BCUT2D eigenvalue weighted by Gasteiger charge is 2.13. The number of hydrogen-bond acceptors (Lipinski definition) is 1. The molecule has 1 aromatic rings. The van der Waals surface area contributed by atoms with Crippen LogP contribution in [0.3, 0.4) is 0 Å². The minimum atomic E-state index is 0.356. The van der Waals surface area contributed by atoms with Gasteiger partial charge in [-0.1, -0.05) is 33.8 Å². The first kappa shape index (κ1) is 10.1. The molecule has 1 N–H and O–H groups in total. The fraction of sp³-hybridized carbons (Fsp3) is 0.500. The van der Waals surface area contributed by atoms with E-state index >= 15 is 0 Å². The first-order chi connectivity index (χ1) is 6.04. The van der Waals surface area contributed by atoms with Gasteiger partial charge in [-0.3, -0.25) is 0 Å². The van der Waals surface area contributed by atoms with Gasteiger partial charge in [-0.15, -0.1) is 0 Å². The normalized spacial score (nSPS) is 11.2. The molecular formula is C12H17O. The lowest BCUT2D eigenvalue weighted by Crippen LogP contribution is -1.98. The first-order valence-electron chi connectivity index (χ1n) is 4.77. The maximum atomic E-state index is 9.69. The summed E-state index contributed by atoms with van der Waals surface area (Å²) in [5.74, 6) is 1.18. The summed E-state index contributed by atoms with van der Waals surface area (Å²) in [5.41, 5.74) is 2.17. The molecule has 13 heavy (non-hydrogen) atoms. The van der Waals surface area contributed by atoms with E-state index in [1.807, 2.05) is 0 Å². The molecule has 1 rings (SSSR count). The molecule has 0 aromatic heterocycles. The largest absolute Gasteiger partial charge is 0.508 e. The van der Waals surface area contributed by atoms with Crippen molar-refractivity contribution < 1.29 is 5.11 Å². The molecule has 0 amide bonds. The summed E-state index contributed by atoms with van der Waals surface area (Å²) >= 11 is 0. The minimum Gasteiger partial charge on any atom is -0.508 e. The molecule has 0 fully saturated rings. The zero-order valence-corrected chi connectivity index (χ0v) is 8.76. The zero-order valence-electron chi connectivity index (χ0n) is 8.76. The zero-order chi connectivity index (χ0) is 10.0. The SMILES string of the molecule is CC(C)c1[c]ccc(O)c1C(C)C. The van der Waals surface area contributed by atoms with Crippen LogP contribution in [0.4, 0.5) is 0 Å². The van der Waals surface area contributed by atoms with Gasteiger partial charge in [0.25, 0.3) is 0 Å². The van der Waals surface area contributed by atoms with Crippen LogP contribution in [0.25, 0.3) is 0 Å². The predicted octanol–water partition coefficient (Wildman–Crippen LogP) is 3.44. The second kappa shape index (κ2) is 3.82. The van der Waals surface area contributed by atoms with E-state index < -0.39 is 0 Å². The van der Waals surface area contributed by atoms with E-state index in [2.05, 4.69) is 33.8 Å². The van der Waals surface area contributed by atoms with Gasteiger partial charge in [-0.25, -0.2) is 0 Å². The fourth-order valence-corrected chi connectivity index (χ4v) is 1.60. The highest BCUT2D eigenvalue weighted by atomic mass is 16.3. The Kier molecular flexibility index (Phi) is 2.97. The van der Waals surface area contributed by atoms with Gasteiger partial charge in [-0.2, -0.15) is 0 Å². The molecule has 0 aliphatic carbocycles. The van der Waals surface area contributed by atoms with Crippen molar-refractivity contribution in [2.45, 2.75) is 39.5 Å². The van der Waals surface area contributed by atoms with E-state index in [0.717, 1.165) is 11.1 Å². The predicted molar refractivity (Wildman–Crippen MR) is 55.1 cm³/mol. The van der Waals surface area contributed by atoms with Crippen LogP contribution < -0.4 is 0 Å². The summed E-state index contributed by atoms with van der Waals surface area (Å²) in [4.78, 5) is 0. The van der Waals surface area contributed by atoms with Crippen LogP contribution in [0.15, 0.2) is 12.1 Å². The van der Waals surface area contributed by atoms with Gasteiger partial charge in [0, 0.05) is 5.56 Å². The van der Waals surface area contributed by atoms with Gasteiger partial charge in [0.05, 0.1) is 0 Å². The Bertz CT molecular complexity index is 287. The van der Waals surface area contributed by atoms with Crippen molar-refractivity contribution in [3.8, 4) is 5.75 Å². The number of phenols is 1. The summed E-state index contributed by atoms with van der Waals surface area (Å²) < 4.78 is 0. The third-order valence-electron chi connectivity index (χ3n) is 2.20. The van der Waals surface area contributed by atoms with Gasteiger partial charge < -0.3 is 5.11 Å². The van der Waals surface area contributed by atoms with Crippen molar-refractivity contribution in [1.29, 1.82) is 0 Å². The van der Waals surface area contributed by atoms with Crippen LogP contribution in [0, 0.1) is 6.07 Å². The van der Waals surface area contributed by atoms with Crippen LogP contribution in [0.1, 0.15) is 50.7 Å². The molecule has 1 aromatic carbocycles. The van der Waals surface area contributed by atoms with Gasteiger partial charge >= 0.3 is 0 Å². The van der Waals surface area contributed by atoms with Gasteiger partial charge in [0.15, 0.2) is 0 Å². The maximum Gasteiger partial charge on any atom is 0.119 e. The molecule has 1 nitrogen and oxygen atoms in total. The molecule has 0 aliphatic rings. The quantitative estimate of drug-likeness (QED) is 0.733. The van der Waals surface area contributed by atoms with Crippen LogP contribution in [-0.4, -0.2) is 5.11 Å². The van der Waals surface area contributed by atoms with Crippen molar-refractivity contribution in [1.82, 2.24) is 0 Å².